The summed E-state index contributed by atoms with van der Waals surface area (Å²) in [5.41, 5.74) is -0.678. The van der Waals surface area contributed by atoms with E-state index in [4.69, 9.17) is 4.74 Å². The second-order valence-electron chi connectivity index (χ2n) is 8.64. The summed E-state index contributed by atoms with van der Waals surface area (Å²) >= 11 is 0. The smallest absolute Gasteiger partial charge is 0.410 e. The summed E-state index contributed by atoms with van der Waals surface area (Å²) < 4.78 is 59.0. The number of carbonyl (C=O) groups is 2. The van der Waals surface area contributed by atoms with Gasteiger partial charge < -0.3 is 9.64 Å². The van der Waals surface area contributed by atoms with Crippen LogP contribution in [0.5, 0.6) is 0 Å². The Labute approximate surface area is 180 Å². The standard InChI is InChI=1S/C20H27F2N3O5S/c1-20(2,3)30-19(27)25-8-4-5-16(25)18(26)23-9-11-24(12-10-23)31(28,29)17-7-6-14(21)13-15(17)22/h6-7,13,16H,4-5,8-12H2,1-3H3/t16-/m0/s1. The summed E-state index contributed by atoms with van der Waals surface area (Å²) in [6.07, 6.45) is 0.641. The van der Waals surface area contributed by atoms with E-state index >= 15 is 0 Å². The molecule has 3 rings (SSSR count). The summed E-state index contributed by atoms with van der Waals surface area (Å²) in [4.78, 5) is 27.8. The van der Waals surface area contributed by atoms with E-state index in [0.29, 0.717) is 25.5 Å². The molecule has 8 nitrogen and oxygen atoms in total. The van der Waals surface area contributed by atoms with Gasteiger partial charge in [0.1, 0.15) is 28.2 Å². The highest BCUT2D eigenvalue weighted by Crippen LogP contribution is 2.25. The first-order valence-electron chi connectivity index (χ1n) is 10.1. The summed E-state index contributed by atoms with van der Waals surface area (Å²) in [7, 11) is -4.15. The van der Waals surface area contributed by atoms with E-state index in [-0.39, 0.29) is 32.1 Å². The largest absolute Gasteiger partial charge is 0.444 e. The highest BCUT2D eigenvalue weighted by atomic mass is 32.2. The third-order valence-electron chi connectivity index (χ3n) is 5.23. The van der Waals surface area contributed by atoms with Crippen LogP contribution in [0.25, 0.3) is 0 Å². The summed E-state index contributed by atoms with van der Waals surface area (Å²) in [6, 6.07) is 1.67. The third-order valence-corrected chi connectivity index (χ3v) is 7.16. The van der Waals surface area contributed by atoms with Crippen molar-refractivity contribution in [2.75, 3.05) is 32.7 Å². The number of piperazine rings is 1. The van der Waals surface area contributed by atoms with Crippen LogP contribution in [0.1, 0.15) is 33.6 Å². The molecule has 0 radical (unpaired) electrons. The molecule has 0 bridgehead atoms. The first-order valence-corrected chi connectivity index (χ1v) is 11.6. The van der Waals surface area contributed by atoms with Gasteiger partial charge in [0.05, 0.1) is 0 Å². The summed E-state index contributed by atoms with van der Waals surface area (Å²) in [5.74, 6) is -2.27. The molecule has 0 aromatic heterocycles. The van der Waals surface area contributed by atoms with E-state index < -0.39 is 44.3 Å². The van der Waals surface area contributed by atoms with Crippen molar-refractivity contribution >= 4 is 22.0 Å². The van der Waals surface area contributed by atoms with Crippen molar-refractivity contribution in [3.63, 3.8) is 0 Å². The van der Waals surface area contributed by atoms with Gasteiger partial charge in [-0.3, -0.25) is 9.69 Å². The highest BCUT2D eigenvalue weighted by molar-refractivity contribution is 7.89. The first-order chi connectivity index (χ1) is 14.4. The van der Waals surface area contributed by atoms with Crippen LogP contribution in [-0.2, 0) is 19.6 Å². The fourth-order valence-corrected chi connectivity index (χ4v) is 5.21. The topological polar surface area (TPSA) is 87.2 Å². The zero-order chi connectivity index (χ0) is 23.0. The van der Waals surface area contributed by atoms with Crippen LogP contribution in [0.2, 0.25) is 0 Å². The molecule has 0 aliphatic carbocycles. The predicted molar refractivity (Wildman–Crippen MR) is 108 cm³/mol. The number of ether oxygens (including phenoxy) is 1. The Kier molecular flexibility index (Phi) is 6.56. The molecule has 2 fully saturated rings. The molecule has 11 heteroatoms. The van der Waals surface area contributed by atoms with Gasteiger partial charge in [-0.2, -0.15) is 4.31 Å². The van der Waals surface area contributed by atoms with E-state index in [1.807, 2.05) is 0 Å². The lowest BCUT2D eigenvalue weighted by Gasteiger charge is -2.37. The Morgan fingerprint density at radius 2 is 1.71 bits per heavy atom. The van der Waals surface area contributed by atoms with Crippen LogP contribution < -0.4 is 0 Å². The maximum absolute atomic E-state index is 14.0. The lowest BCUT2D eigenvalue weighted by molar-refractivity contribution is -0.137. The molecule has 1 aromatic carbocycles. The molecule has 0 spiro atoms. The molecule has 1 aromatic rings. The predicted octanol–water partition coefficient (Wildman–Crippen LogP) is 2.20. The Bertz CT molecular complexity index is 956. The van der Waals surface area contributed by atoms with Crippen LogP contribution in [0.15, 0.2) is 23.1 Å². The normalized spacial score (nSPS) is 20.7. The summed E-state index contributed by atoms with van der Waals surface area (Å²) in [6.45, 7) is 5.85. The minimum atomic E-state index is -4.15. The summed E-state index contributed by atoms with van der Waals surface area (Å²) in [5, 5.41) is 0. The molecule has 0 N–H and O–H groups in total. The second kappa shape index (κ2) is 8.70. The Hall–Kier alpha value is -2.27. The molecule has 2 heterocycles. The number of hydrogen-bond acceptors (Lipinski definition) is 5. The van der Waals surface area contributed by atoms with Crippen molar-refractivity contribution < 1.29 is 31.5 Å². The Morgan fingerprint density at radius 1 is 1.06 bits per heavy atom. The Morgan fingerprint density at radius 3 is 2.29 bits per heavy atom. The van der Waals surface area contributed by atoms with Gasteiger partial charge in [-0.1, -0.05) is 0 Å². The van der Waals surface area contributed by atoms with Crippen molar-refractivity contribution in [2.24, 2.45) is 0 Å². The van der Waals surface area contributed by atoms with Gasteiger partial charge in [-0.25, -0.2) is 22.0 Å². The van der Waals surface area contributed by atoms with Crippen LogP contribution in [0.4, 0.5) is 13.6 Å². The van der Waals surface area contributed by atoms with Gasteiger partial charge in [-0.05, 0) is 45.7 Å². The average molecular weight is 460 g/mol. The van der Waals surface area contributed by atoms with Gasteiger partial charge in [0.15, 0.2) is 0 Å². The van der Waals surface area contributed by atoms with Gasteiger partial charge in [0.2, 0.25) is 15.9 Å². The van der Waals surface area contributed by atoms with Crippen LogP contribution in [-0.4, -0.2) is 78.9 Å². The SMILES string of the molecule is CC(C)(C)OC(=O)N1CCC[C@H]1C(=O)N1CCN(S(=O)(=O)c2ccc(F)cc2F)CC1. The molecule has 2 aliphatic rings. The molecule has 2 aliphatic heterocycles. The van der Waals surface area contributed by atoms with Gasteiger partial charge in [0, 0.05) is 38.8 Å². The van der Waals surface area contributed by atoms with Crippen molar-refractivity contribution in [2.45, 2.75) is 50.2 Å². The molecule has 31 heavy (non-hydrogen) atoms. The zero-order valence-electron chi connectivity index (χ0n) is 17.8. The number of nitrogens with zero attached hydrogens (tertiary/aromatic N) is 3. The maximum Gasteiger partial charge on any atom is 0.410 e. The Balaban J connectivity index is 1.65. The van der Waals surface area contributed by atoms with Gasteiger partial charge in [-0.15, -0.1) is 0 Å². The van der Waals surface area contributed by atoms with Crippen LogP contribution in [0.3, 0.4) is 0 Å². The van der Waals surface area contributed by atoms with E-state index in [1.54, 1.807) is 20.8 Å². The molecule has 0 unspecified atom stereocenters. The number of likely N-dealkylation sites (tertiary alicyclic amines) is 1. The average Bonchev–Trinajstić information content (AvgIpc) is 3.16. The molecule has 2 amide bonds. The number of sulfonamides is 1. The molecule has 2 saturated heterocycles. The fraction of sp³-hybridized carbons (Fsp3) is 0.600. The molecular weight excluding hydrogens is 432 g/mol. The molecule has 172 valence electrons. The van der Waals surface area contributed by atoms with Crippen molar-refractivity contribution in [1.82, 2.24) is 14.1 Å². The van der Waals surface area contributed by atoms with E-state index in [0.717, 1.165) is 16.4 Å². The number of benzene rings is 1. The van der Waals surface area contributed by atoms with E-state index in [1.165, 1.54) is 9.80 Å². The second-order valence-corrected chi connectivity index (χ2v) is 10.5. The first kappa shape index (κ1) is 23.4. The minimum Gasteiger partial charge on any atom is -0.444 e. The number of rotatable bonds is 3. The zero-order valence-corrected chi connectivity index (χ0v) is 18.6. The van der Waals surface area contributed by atoms with Gasteiger partial charge >= 0.3 is 6.09 Å². The number of amides is 2. The quantitative estimate of drug-likeness (QED) is 0.692. The number of hydrogen-bond donors (Lipinski definition) is 0. The minimum absolute atomic E-state index is 0.0238. The fourth-order valence-electron chi connectivity index (χ4n) is 3.75. The molecule has 0 saturated carbocycles. The molecular formula is C20H27F2N3O5S. The van der Waals surface area contributed by atoms with Crippen molar-refractivity contribution in [3.05, 3.63) is 29.8 Å². The third kappa shape index (κ3) is 5.15. The van der Waals surface area contributed by atoms with Crippen LogP contribution in [0, 0.1) is 11.6 Å². The number of halogens is 2. The van der Waals surface area contributed by atoms with E-state index in [2.05, 4.69) is 0 Å². The lowest BCUT2D eigenvalue weighted by atomic mass is 10.1. The highest BCUT2D eigenvalue weighted by Gasteiger charge is 2.40. The van der Waals surface area contributed by atoms with Crippen molar-refractivity contribution in [3.8, 4) is 0 Å². The van der Waals surface area contributed by atoms with E-state index in [9.17, 15) is 26.8 Å². The number of carbonyl (C=O) groups excluding carboxylic acids is 2. The molecule has 1 atom stereocenters. The lowest BCUT2D eigenvalue weighted by Crippen LogP contribution is -2.55. The van der Waals surface area contributed by atoms with Crippen LogP contribution >= 0.6 is 0 Å². The monoisotopic (exact) mass is 459 g/mol. The van der Waals surface area contributed by atoms with Gasteiger partial charge in [0.25, 0.3) is 0 Å². The van der Waals surface area contributed by atoms with Crippen molar-refractivity contribution in [1.29, 1.82) is 0 Å². The maximum atomic E-state index is 14.0.